The average molecular weight is 380 g/mol. The van der Waals surface area contributed by atoms with E-state index in [4.69, 9.17) is 0 Å². The van der Waals surface area contributed by atoms with E-state index in [1.165, 1.54) is 5.56 Å². The van der Waals surface area contributed by atoms with Gasteiger partial charge in [-0.05, 0) is 49.9 Å². The minimum absolute atomic E-state index is 0.0372. The van der Waals surface area contributed by atoms with Gasteiger partial charge in [0.15, 0.2) is 0 Å². The second-order valence-corrected chi connectivity index (χ2v) is 7.95. The van der Waals surface area contributed by atoms with Gasteiger partial charge in [0.1, 0.15) is 0 Å². The molecule has 1 aromatic heterocycles. The van der Waals surface area contributed by atoms with Gasteiger partial charge in [0.2, 0.25) is 11.8 Å². The first-order valence-corrected chi connectivity index (χ1v) is 10.4. The standard InChI is InChI=1S/C23H29N3O2/c1-3-24(23(28)18-9-6-10-18)16-21(27)26-15-14-25-13-7-12-20(25)22(26)19-11-5-4-8-17(19)2/h4-5,7-8,11-13,18,22H,3,6,9-10,14-16H2,1-2H3/t22-/m0/s1. The van der Waals surface area contributed by atoms with Crippen molar-refractivity contribution in [2.75, 3.05) is 19.6 Å². The first-order valence-electron chi connectivity index (χ1n) is 10.4. The molecule has 0 unspecified atom stereocenters. The van der Waals surface area contributed by atoms with Crippen molar-refractivity contribution in [3.05, 3.63) is 59.4 Å². The molecule has 1 aliphatic heterocycles. The van der Waals surface area contributed by atoms with E-state index in [9.17, 15) is 9.59 Å². The van der Waals surface area contributed by atoms with Crippen molar-refractivity contribution < 1.29 is 9.59 Å². The second-order valence-electron chi connectivity index (χ2n) is 7.95. The summed E-state index contributed by atoms with van der Waals surface area (Å²) < 4.78 is 2.23. The number of nitrogens with zero attached hydrogens (tertiary/aromatic N) is 3. The summed E-state index contributed by atoms with van der Waals surface area (Å²) in [6, 6.07) is 12.3. The number of aromatic nitrogens is 1. The van der Waals surface area contributed by atoms with E-state index in [-0.39, 0.29) is 30.3 Å². The normalized spacial score (nSPS) is 19.1. The molecular weight excluding hydrogens is 350 g/mol. The summed E-state index contributed by atoms with van der Waals surface area (Å²) in [6.07, 6.45) is 5.14. The van der Waals surface area contributed by atoms with E-state index in [2.05, 4.69) is 35.9 Å². The van der Waals surface area contributed by atoms with Gasteiger partial charge in [0.05, 0.1) is 12.6 Å². The lowest BCUT2D eigenvalue weighted by atomic mass is 9.84. The zero-order valence-electron chi connectivity index (χ0n) is 16.8. The van der Waals surface area contributed by atoms with Crippen LogP contribution < -0.4 is 0 Å². The molecule has 1 aromatic carbocycles. The van der Waals surface area contributed by atoms with Crippen molar-refractivity contribution in [3.8, 4) is 0 Å². The molecular formula is C23H29N3O2. The number of rotatable bonds is 5. The molecule has 0 saturated heterocycles. The van der Waals surface area contributed by atoms with Crippen molar-refractivity contribution in [1.82, 2.24) is 14.4 Å². The van der Waals surface area contributed by atoms with Crippen molar-refractivity contribution in [2.45, 2.75) is 45.7 Å². The fraction of sp³-hybridized carbons (Fsp3) is 0.478. The van der Waals surface area contributed by atoms with Crippen LogP contribution in [0.3, 0.4) is 0 Å². The first-order chi connectivity index (χ1) is 13.6. The summed E-state index contributed by atoms with van der Waals surface area (Å²) in [7, 11) is 0. The molecule has 0 spiro atoms. The van der Waals surface area contributed by atoms with Crippen molar-refractivity contribution in [3.63, 3.8) is 0 Å². The van der Waals surface area contributed by atoms with Crippen LogP contribution in [-0.4, -0.2) is 45.8 Å². The van der Waals surface area contributed by atoms with Crippen LogP contribution in [-0.2, 0) is 16.1 Å². The van der Waals surface area contributed by atoms with Crippen LogP contribution in [0.5, 0.6) is 0 Å². The van der Waals surface area contributed by atoms with Crippen LogP contribution in [0.2, 0.25) is 0 Å². The van der Waals surface area contributed by atoms with E-state index in [1.807, 2.05) is 30.0 Å². The summed E-state index contributed by atoms with van der Waals surface area (Å²) in [5, 5.41) is 0. The van der Waals surface area contributed by atoms with Crippen LogP contribution >= 0.6 is 0 Å². The van der Waals surface area contributed by atoms with Crippen LogP contribution in [0.1, 0.15) is 49.0 Å². The lowest BCUT2D eigenvalue weighted by Gasteiger charge is -2.39. The van der Waals surface area contributed by atoms with Crippen LogP contribution in [0.4, 0.5) is 0 Å². The van der Waals surface area contributed by atoms with Crippen molar-refractivity contribution in [1.29, 1.82) is 0 Å². The number of likely N-dealkylation sites (N-methyl/N-ethyl adjacent to an activating group) is 1. The van der Waals surface area contributed by atoms with Gasteiger partial charge in [0, 0.05) is 37.4 Å². The highest BCUT2D eigenvalue weighted by Crippen LogP contribution is 2.34. The number of carbonyl (C=O) groups excluding carboxylic acids is 2. The van der Waals surface area contributed by atoms with Gasteiger partial charge in [-0.15, -0.1) is 0 Å². The van der Waals surface area contributed by atoms with Gasteiger partial charge in [-0.25, -0.2) is 0 Å². The molecule has 0 radical (unpaired) electrons. The second kappa shape index (κ2) is 7.82. The third-order valence-corrected chi connectivity index (χ3v) is 6.32. The molecule has 1 aliphatic carbocycles. The molecule has 5 nitrogen and oxygen atoms in total. The average Bonchev–Trinajstić information content (AvgIpc) is 3.13. The zero-order valence-corrected chi connectivity index (χ0v) is 16.8. The quantitative estimate of drug-likeness (QED) is 0.800. The highest BCUT2D eigenvalue weighted by atomic mass is 16.2. The molecule has 2 amide bonds. The number of carbonyl (C=O) groups is 2. The van der Waals surface area contributed by atoms with Gasteiger partial charge in [0.25, 0.3) is 0 Å². The summed E-state index contributed by atoms with van der Waals surface area (Å²) in [6.45, 7) is 6.27. The maximum Gasteiger partial charge on any atom is 0.243 e. The number of hydrogen-bond donors (Lipinski definition) is 0. The molecule has 0 bridgehead atoms. The fourth-order valence-corrected chi connectivity index (χ4v) is 4.39. The summed E-state index contributed by atoms with van der Waals surface area (Å²) in [4.78, 5) is 29.8. The Bertz CT molecular complexity index is 868. The number of aryl methyl sites for hydroxylation is 1. The molecule has 1 saturated carbocycles. The Labute approximate surface area is 166 Å². The van der Waals surface area contributed by atoms with Crippen LogP contribution in [0.15, 0.2) is 42.6 Å². The molecule has 2 heterocycles. The molecule has 148 valence electrons. The summed E-state index contributed by atoms with van der Waals surface area (Å²) >= 11 is 0. The third kappa shape index (κ3) is 3.34. The molecule has 5 heteroatoms. The Kier molecular flexibility index (Phi) is 5.25. The van der Waals surface area contributed by atoms with Crippen LogP contribution in [0, 0.1) is 12.8 Å². The van der Waals surface area contributed by atoms with Gasteiger partial charge in [-0.1, -0.05) is 30.7 Å². The molecule has 2 aromatic rings. The Morgan fingerprint density at radius 2 is 1.89 bits per heavy atom. The Hall–Kier alpha value is -2.56. The Morgan fingerprint density at radius 3 is 2.57 bits per heavy atom. The maximum absolute atomic E-state index is 13.4. The topological polar surface area (TPSA) is 45.6 Å². The summed E-state index contributed by atoms with van der Waals surface area (Å²) in [5.41, 5.74) is 3.48. The number of amides is 2. The minimum atomic E-state index is -0.102. The van der Waals surface area contributed by atoms with E-state index < -0.39 is 0 Å². The summed E-state index contributed by atoms with van der Waals surface area (Å²) in [5.74, 6) is 0.309. The van der Waals surface area contributed by atoms with Crippen molar-refractivity contribution in [2.24, 2.45) is 5.92 Å². The maximum atomic E-state index is 13.4. The highest BCUT2D eigenvalue weighted by Gasteiger charge is 2.35. The lowest BCUT2D eigenvalue weighted by Crippen LogP contribution is -2.49. The molecule has 1 atom stereocenters. The number of fused-ring (bicyclic) bond motifs is 1. The minimum Gasteiger partial charge on any atom is -0.348 e. The van der Waals surface area contributed by atoms with Crippen molar-refractivity contribution >= 4 is 11.8 Å². The molecule has 1 fully saturated rings. The number of benzene rings is 1. The predicted octanol–water partition coefficient (Wildman–Crippen LogP) is 3.38. The van der Waals surface area contributed by atoms with E-state index in [0.717, 1.165) is 37.1 Å². The monoisotopic (exact) mass is 379 g/mol. The van der Waals surface area contributed by atoms with Crippen LogP contribution in [0.25, 0.3) is 0 Å². The third-order valence-electron chi connectivity index (χ3n) is 6.32. The van der Waals surface area contributed by atoms with Gasteiger partial charge in [-0.2, -0.15) is 0 Å². The zero-order chi connectivity index (χ0) is 19.7. The first kappa shape index (κ1) is 18.8. The number of hydrogen-bond acceptors (Lipinski definition) is 2. The van der Waals surface area contributed by atoms with Gasteiger partial charge in [-0.3, -0.25) is 9.59 Å². The fourth-order valence-electron chi connectivity index (χ4n) is 4.39. The van der Waals surface area contributed by atoms with Gasteiger partial charge < -0.3 is 14.4 Å². The predicted molar refractivity (Wildman–Crippen MR) is 109 cm³/mol. The van der Waals surface area contributed by atoms with E-state index in [0.29, 0.717) is 13.1 Å². The highest BCUT2D eigenvalue weighted by molar-refractivity contribution is 5.86. The molecule has 4 rings (SSSR count). The smallest absolute Gasteiger partial charge is 0.243 e. The molecule has 2 aliphatic rings. The molecule has 0 N–H and O–H groups in total. The largest absolute Gasteiger partial charge is 0.348 e. The van der Waals surface area contributed by atoms with E-state index >= 15 is 0 Å². The Morgan fingerprint density at radius 1 is 1.11 bits per heavy atom. The SMILES string of the molecule is CCN(CC(=O)N1CCn2cccc2[C@@H]1c1ccccc1C)C(=O)C1CCC1. The van der Waals surface area contributed by atoms with Gasteiger partial charge >= 0.3 is 0 Å². The van der Waals surface area contributed by atoms with E-state index in [1.54, 1.807) is 4.90 Å². The molecule has 28 heavy (non-hydrogen) atoms. The Balaban J connectivity index is 1.60. The lowest BCUT2D eigenvalue weighted by molar-refractivity contribution is -0.145.